The second-order valence-electron chi connectivity index (χ2n) is 4.90. The van der Waals surface area contributed by atoms with Crippen molar-refractivity contribution in [2.75, 3.05) is 13.7 Å². The van der Waals surface area contributed by atoms with E-state index in [-0.39, 0.29) is 24.8 Å². The summed E-state index contributed by atoms with van der Waals surface area (Å²) in [6, 6.07) is 11.4. The van der Waals surface area contributed by atoms with Gasteiger partial charge in [0.1, 0.15) is 11.5 Å². The smallest absolute Gasteiger partial charge is 0.416 e. The zero-order valence-corrected chi connectivity index (χ0v) is 12.9. The maximum absolute atomic E-state index is 12.4. The summed E-state index contributed by atoms with van der Waals surface area (Å²) in [7, 11) is 1.54. The molecular formula is C17H16F3NO3. The van der Waals surface area contributed by atoms with Crippen LogP contribution in [-0.2, 0) is 17.5 Å². The molecule has 0 saturated carbocycles. The first-order chi connectivity index (χ1) is 11.4. The zero-order valence-electron chi connectivity index (χ0n) is 12.9. The van der Waals surface area contributed by atoms with Crippen LogP contribution in [0, 0.1) is 0 Å². The first-order valence-corrected chi connectivity index (χ1v) is 7.09. The number of para-hydroxylation sites is 1. The lowest BCUT2D eigenvalue weighted by atomic mass is 10.2. The van der Waals surface area contributed by atoms with Gasteiger partial charge < -0.3 is 14.8 Å². The summed E-state index contributed by atoms with van der Waals surface area (Å²) in [5.74, 6) is 0.456. The molecule has 0 bridgehead atoms. The van der Waals surface area contributed by atoms with Gasteiger partial charge in [-0.3, -0.25) is 4.79 Å². The van der Waals surface area contributed by atoms with Crippen molar-refractivity contribution in [3.8, 4) is 11.5 Å². The number of halogens is 3. The number of nitrogens with one attached hydrogen (secondary N) is 1. The maximum atomic E-state index is 12.4. The molecule has 128 valence electrons. The summed E-state index contributed by atoms with van der Waals surface area (Å²) < 4.78 is 47.7. The average Bonchev–Trinajstić information content (AvgIpc) is 2.58. The van der Waals surface area contributed by atoms with Gasteiger partial charge in [-0.05, 0) is 30.3 Å². The van der Waals surface area contributed by atoms with Crippen molar-refractivity contribution in [3.05, 3.63) is 59.7 Å². The van der Waals surface area contributed by atoms with Crippen molar-refractivity contribution >= 4 is 5.91 Å². The Hall–Kier alpha value is -2.70. The average molecular weight is 339 g/mol. The molecule has 0 aliphatic heterocycles. The van der Waals surface area contributed by atoms with E-state index in [1.54, 1.807) is 6.07 Å². The van der Waals surface area contributed by atoms with Crippen LogP contribution in [0.5, 0.6) is 11.5 Å². The van der Waals surface area contributed by atoms with Crippen molar-refractivity contribution in [1.29, 1.82) is 0 Å². The Bertz CT molecular complexity index is 684. The van der Waals surface area contributed by atoms with Gasteiger partial charge in [0.2, 0.25) is 0 Å². The van der Waals surface area contributed by atoms with Crippen molar-refractivity contribution in [2.45, 2.75) is 12.7 Å². The van der Waals surface area contributed by atoms with Crippen LogP contribution >= 0.6 is 0 Å². The number of benzene rings is 2. The monoisotopic (exact) mass is 339 g/mol. The summed E-state index contributed by atoms with van der Waals surface area (Å²) >= 11 is 0. The second-order valence-corrected chi connectivity index (χ2v) is 4.90. The van der Waals surface area contributed by atoms with E-state index >= 15 is 0 Å². The number of ether oxygens (including phenoxy) is 2. The van der Waals surface area contributed by atoms with Gasteiger partial charge in [0.05, 0.1) is 12.7 Å². The minimum absolute atomic E-state index is 0.190. The fourth-order valence-electron chi connectivity index (χ4n) is 1.98. The van der Waals surface area contributed by atoms with Gasteiger partial charge in [0.25, 0.3) is 5.91 Å². The van der Waals surface area contributed by atoms with Crippen molar-refractivity contribution in [3.63, 3.8) is 0 Å². The number of amides is 1. The Morgan fingerprint density at radius 3 is 2.38 bits per heavy atom. The highest BCUT2D eigenvalue weighted by atomic mass is 19.4. The molecule has 1 amide bonds. The van der Waals surface area contributed by atoms with Gasteiger partial charge in [-0.2, -0.15) is 13.2 Å². The molecule has 4 nitrogen and oxygen atoms in total. The first-order valence-electron chi connectivity index (χ1n) is 7.09. The lowest BCUT2D eigenvalue weighted by molar-refractivity contribution is -0.137. The van der Waals surface area contributed by atoms with Crippen LogP contribution in [0.1, 0.15) is 11.1 Å². The highest BCUT2D eigenvalue weighted by Crippen LogP contribution is 2.30. The lowest BCUT2D eigenvalue weighted by Crippen LogP contribution is -2.28. The van der Waals surface area contributed by atoms with Crippen LogP contribution in [0.15, 0.2) is 48.5 Å². The summed E-state index contributed by atoms with van der Waals surface area (Å²) in [4.78, 5) is 11.8. The van der Waals surface area contributed by atoms with E-state index < -0.39 is 11.7 Å². The van der Waals surface area contributed by atoms with Crippen molar-refractivity contribution in [2.24, 2.45) is 0 Å². The minimum Gasteiger partial charge on any atom is -0.496 e. The van der Waals surface area contributed by atoms with E-state index in [0.717, 1.165) is 17.7 Å². The van der Waals surface area contributed by atoms with Crippen LogP contribution in [0.25, 0.3) is 0 Å². The maximum Gasteiger partial charge on any atom is 0.416 e. The lowest BCUT2D eigenvalue weighted by Gasteiger charge is -2.11. The molecule has 24 heavy (non-hydrogen) atoms. The Kier molecular flexibility index (Phi) is 5.68. The Morgan fingerprint density at radius 1 is 1.08 bits per heavy atom. The van der Waals surface area contributed by atoms with Gasteiger partial charge >= 0.3 is 6.18 Å². The van der Waals surface area contributed by atoms with E-state index in [9.17, 15) is 18.0 Å². The molecule has 7 heteroatoms. The summed E-state index contributed by atoms with van der Waals surface area (Å²) in [5, 5.41) is 2.66. The molecule has 0 aliphatic carbocycles. The molecule has 2 aromatic rings. The molecule has 0 atom stereocenters. The molecular weight excluding hydrogens is 323 g/mol. The standard InChI is InChI=1S/C17H16F3NO3/c1-23-15-5-3-2-4-12(15)10-21-16(22)11-24-14-8-6-13(7-9-14)17(18,19)20/h2-9H,10-11H2,1H3,(H,21,22). The normalized spacial score (nSPS) is 11.0. The van der Waals surface area contributed by atoms with E-state index in [4.69, 9.17) is 9.47 Å². The molecule has 0 spiro atoms. The van der Waals surface area contributed by atoms with Gasteiger partial charge in [-0.25, -0.2) is 0 Å². The van der Waals surface area contributed by atoms with E-state index in [1.165, 1.54) is 19.2 Å². The largest absolute Gasteiger partial charge is 0.496 e. The van der Waals surface area contributed by atoms with Crippen molar-refractivity contribution < 1.29 is 27.4 Å². The molecule has 0 aliphatic rings. The molecule has 1 N–H and O–H groups in total. The van der Waals surface area contributed by atoms with Crippen LogP contribution in [0.4, 0.5) is 13.2 Å². The van der Waals surface area contributed by atoms with Gasteiger partial charge in [0.15, 0.2) is 6.61 Å². The highest BCUT2D eigenvalue weighted by Gasteiger charge is 2.30. The Balaban J connectivity index is 1.83. The summed E-state index contributed by atoms with van der Waals surface area (Å²) in [5.41, 5.74) is 0.0401. The molecule has 0 aromatic heterocycles. The molecule has 2 rings (SSSR count). The van der Waals surface area contributed by atoms with E-state index in [1.807, 2.05) is 18.2 Å². The zero-order chi connectivity index (χ0) is 17.6. The van der Waals surface area contributed by atoms with Crippen LogP contribution in [-0.4, -0.2) is 19.6 Å². The number of rotatable bonds is 6. The fourth-order valence-corrected chi connectivity index (χ4v) is 1.98. The predicted octanol–water partition coefficient (Wildman–Crippen LogP) is 3.41. The third-order valence-corrected chi connectivity index (χ3v) is 3.22. The van der Waals surface area contributed by atoms with Crippen LogP contribution < -0.4 is 14.8 Å². The molecule has 0 fully saturated rings. The first kappa shape index (κ1) is 17.7. The fraction of sp³-hybridized carbons (Fsp3) is 0.235. The Morgan fingerprint density at radius 2 is 1.75 bits per heavy atom. The van der Waals surface area contributed by atoms with Gasteiger partial charge in [-0.15, -0.1) is 0 Å². The number of alkyl halides is 3. The highest BCUT2D eigenvalue weighted by molar-refractivity contribution is 5.77. The Labute approximate surface area is 137 Å². The number of hydrogen-bond acceptors (Lipinski definition) is 3. The molecule has 0 saturated heterocycles. The number of carbonyl (C=O) groups is 1. The van der Waals surface area contributed by atoms with Gasteiger partial charge in [-0.1, -0.05) is 18.2 Å². The third kappa shape index (κ3) is 4.91. The topological polar surface area (TPSA) is 47.6 Å². The van der Waals surface area contributed by atoms with Crippen LogP contribution in [0.3, 0.4) is 0 Å². The number of carbonyl (C=O) groups excluding carboxylic acids is 1. The molecule has 2 aromatic carbocycles. The predicted molar refractivity (Wildman–Crippen MR) is 81.8 cm³/mol. The van der Waals surface area contributed by atoms with E-state index in [2.05, 4.69) is 5.32 Å². The molecule has 0 heterocycles. The number of hydrogen-bond donors (Lipinski definition) is 1. The van der Waals surface area contributed by atoms with Crippen LogP contribution in [0.2, 0.25) is 0 Å². The molecule has 0 radical (unpaired) electrons. The second kappa shape index (κ2) is 7.72. The number of methoxy groups -OCH3 is 1. The van der Waals surface area contributed by atoms with Gasteiger partial charge in [0, 0.05) is 12.1 Å². The summed E-state index contributed by atoms with van der Waals surface area (Å²) in [6.45, 7) is -0.0280. The third-order valence-electron chi connectivity index (χ3n) is 3.22. The van der Waals surface area contributed by atoms with E-state index in [0.29, 0.717) is 5.75 Å². The summed E-state index contributed by atoms with van der Waals surface area (Å²) in [6.07, 6.45) is -4.40. The minimum atomic E-state index is -4.40. The SMILES string of the molecule is COc1ccccc1CNC(=O)COc1ccc(C(F)(F)F)cc1. The molecule has 0 unspecified atom stereocenters. The quantitative estimate of drug-likeness (QED) is 0.877. The van der Waals surface area contributed by atoms with Crippen molar-refractivity contribution in [1.82, 2.24) is 5.32 Å².